The van der Waals surface area contributed by atoms with Crippen LogP contribution in [0.15, 0.2) is 54.9 Å². The molecule has 0 atom stereocenters. The number of amides is 1. The van der Waals surface area contributed by atoms with Crippen molar-refractivity contribution in [3.8, 4) is 0 Å². The molecule has 24 heavy (non-hydrogen) atoms. The largest absolute Gasteiger partial charge is 0.337 e. The average Bonchev–Trinajstić information content (AvgIpc) is 2.62. The minimum Gasteiger partial charge on any atom is -0.337 e. The van der Waals surface area contributed by atoms with Crippen molar-refractivity contribution in [2.45, 2.75) is 6.54 Å². The minimum absolute atomic E-state index is 0.0611. The number of pyridine rings is 1. The summed E-state index contributed by atoms with van der Waals surface area (Å²) < 4.78 is 0. The van der Waals surface area contributed by atoms with E-state index in [-0.39, 0.29) is 5.91 Å². The van der Waals surface area contributed by atoms with Gasteiger partial charge in [0.15, 0.2) is 0 Å². The average molecular weight is 342 g/mol. The maximum absolute atomic E-state index is 12.3. The van der Waals surface area contributed by atoms with Crippen LogP contribution in [0.5, 0.6) is 0 Å². The number of carbonyl (C=O) groups is 1. The number of nitrogens with zero attached hydrogens (tertiary/aromatic N) is 3. The van der Waals surface area contributed by atoms with Crippen molar-refractivity contribution in [3.63, 3.8) is 0 Å². The third-order valence-corrected chi connectivity index (χ3v) is 4.35. The lowest BCUT2D eigenvalue weighted by atomic mass is 10.2. The maximum atomic E-state index is 12.3. The molecule has 0 radical (unpaired) electrons. The van der Waals surface area contributed by atoms with Crippen LogP contribution in [0.4, 0.5) is 0 Å². The van der Waals surface area contributed by atoms with Gasteiger partial charge in [0.1, 0.15) is 0 Å². The molecule has 1 amide bonds. The minimum atomic E-state index is 0.0611. The smallest absolute Gasteiger partial charge is 0.246 e. The van der Waals surface area contributed by atoms with E-state index < -0.39 is 0 Å². The second-order valence-electron chi connectivity index (χ2n) is 5.85. The molecule has 1 aromatic carbocycles. The Labute approximate surface area is 147 Å². The molecule has 0 aliphatic carbocycles. The fraction of sp³-hybridized carbons (Fsp3) is 0.263. The van der Waals surface area contributed by atoms with Crippen LogP contribution in [0.1, 0.15) is 11.1 Å². The fourth-order valence-electron chi connectivity index (χ4n) is 2.72. The van der Waals surface area contributed by atoms with Crippen molar-refractivity contribution in [2.75, 3.05) is 26.2 Å². The standard InChI is InChI=1S/C19H20ClN3O/c20-18-6-3-16(4-7-18)5-8-19(24)23-12-10-22(11-13-23)15-17-2-1-9-21-14-17/h1-9,14H,10-13,15H2/b8-5+. The maximum Gasteiger partial charge on any atom is 0.246 e. The summed E-state index contributed by atoms with van der Waals surface area (Å²) in [6, 6.07) is 11.5. The molecule has 1 aliphatic heterocycles. The molecular weight excluding hydrogens is 322 g/mol. The summed E-state index contributed by atoms with van der Waals surface area (Å²) in [5.74, 6) is 0.0611. The Kier molecular flexibility index (Phi) is 5.62. The van der Waals surface area contributed by atoms with Gasteiger partial charge in [-0.15, -0.1) is 0 Å². The molecule has 0 bridgehead atoms. The van der Waals surface area contributed by atoms with E-state index in [0.717, 1.165) is 38.3 Å². The van der Waals surface area contributed by atoms with E-state index >= 15 is 0 Å². The number of aromatic nitrogens is 1. The molecule has 1 aliphatic rings. The first-order chi connectivity index (χ1) is 11.7. The van der Waals surface area contributed by atoms with Gasteiger partial charge in [-0.1, -0.05) is 29.8 Å². The van der Waals surface area contributed by atoms with Crippen LogP contribution in [-0.2, 0) is 11.3 Å². The highest BCUT2D eigenvalue weighted by Gasteiger charge is 2.19. The lowest BCUT2D eigenvalue weighted by Gasteiger charge is -2.34. The number of benzene rings is 1. The quantitative estimate of drug-likeness (QED) is 0.802. The lowest BCUT2D eigenvalue weighted by Crippen LogP contribution is -2.47. The zero-order valence-corrected chi connectivity index (χ0v) is 14.2. The molecule has 3 rings (SSSR count). The van der Waals surface area contributed by atoms with Crippen molar-refractivity contribution in [1.29, 1.82) is 0 Å². The summed E-state index contributed by atoms with van der Waals surface area (Å²) in [5, 5.41) is 0.697. The second kappa shape index (κ2) is 8.08. The van der Waals surface area contributed by atoms with Gasteiger partial charge in [-0.2, -0.15) is 0 Å². The Balaban J connectivity index is 1.49. The zero-order valence-electron chi connectivity index (χ0n) is 13.4. The van der Waals surface area contributed by atoms with E-state index in [1.54, 1.807) is 12.3 Å². The Hall–Kier alpha value is -2.17. The van der Waals surface area contributed by atoms with E-state index in [2.05, 4.69) is 16.0 Å². The van der Waals surface area contributed by atoms with Crippen LogP contribution in [0.2, 0.25) is 5.02 Å². The van der Waals surface area contributed by atoms with Crippen LogP contribution in [0.25, 0.3) is 6.08 Å². The zero-order chi connectivity index (χ0) is 16.8. The Morgan fingerprint density at radius 1 is 1.12 bits per heavy atom. The molecule has 2 aromatic rings. The summed E-state index contributed by atoms with van der Waals surface area (Å²) in [5.41, 5.74) is 2.18. The highest BCUT2D eigenvalue weighted by Crippen LogP contribution is 2.12. The molecule has 2 heterocycles. The number of hydrogen-bond donors (Lipinski definition) is 0. The molecule has 124 valence electrons. The van der Waals surface area contributed by atoms with Gasteiger partial charge < -0.3 is 4.90 Å². The third kappa shape index (κ3) is 4.66. The summed E-state index contributed by atoms with van der Waals surface area (Å²) >= 11 is 5.86. The highest BCUT2D eigenvalue weighted by atomic mass is 35.5. The Morgan fingerprint density at radius 2 is 1.88 bits per heavy atom. The predicted molar refractivity (Wildman–Crippen MR) is 96.6 cm³/mol. The van der Waals surface area contributed by atoms with Crippen LogP contribution in [-0.4, -0.2) is 46.9 Å². The van der Waals surface area contributed by atoms with E-state index in [4.69, 9.17) is 11.6 Å². The molecular formula is C19H20ClN3O. The van der Waals surface area contributed by atoms with Crippen molar-refractivity contribution in [3.05, 3.63) is 71.0 Å². The van der Waals surface area contributed by atoms with Crippen LogP contribution < -0.4 is 0 Å². The van der Waals surface area contributed by atoms with Gasteiger partial charge in [0.05, 0.1) is 0 Å². The summed E-state index contributed by atoms with van der Waals surface area (Å²) in [6.45, 7) is 4.16. The first-order valence-electron chi connectivity index (χ1n) is 8.04. The van der Waals surface area contributed by atoms with Gasteiger partial charge in [0.2, 0.25) is 5.91 Å². The van der Waals surface area contributed by atoms with Crippen molar-refractivity contribution >= 4 is 23.6 Å². The molecule has 1 fully saturated rings. The molecule has 4 nitrogen and oxygen atoms in total. The van der Waals surface area contributed by atoms with E-state index in [0.29, 0.717) is 5.02 Å². The molecule has 1 saturated heterocycles. The Bertz CT molecular complexity index is 692. The molecule has 0 unspecified atom stereocenters. The van der Waals surface area contributed by atoms with E-state index in [1.165, 1.54) is 5.56 Å². The Morgan fingerprint density at radius 3 is 2.54 bits per heavy atom. The lowest BCUT2D eigenvalue weighted by molar-refractivity contribution is -0.127. The molecule has 1 aromatic heterocycles. The van der Waals surface area contributed by atoms with Gasteiger partial charge in [0.25, 0.3) is 0 Å². The predicted octanol–water partition coefficient (Wildman–Crippen LogP) is 3.09. The normalized spacial score (nSPS) is 15.8. The van der Waals surface area contributed by atoms with Crippen LogP contribution in [0.3, 0.4) is 0 Å². The fourth-order valence-corrected chi connectivity index (χ4v) is 2.85. The molecule has 0 spiro atoms. The van der Waals surface area contributed by atoms with Crippen LogP contribution in [0, 0.1) is 0 Å². The summed E-state index contributed by atoms with van der Waals surface area (Å²) in [7, 11) is 0. The van der Waals surface area contributed by atoms with Crippen molar-refractivity contribution < 1.29 is 4.79 Å². The second-order valence-corrected chi connectivity index (χ2v) is 6.28. The van der Waals surface area contributed by atoms with E-state index in [9.17, 15) is 4.79 Å². The first kappa shape index (κ1) is 16.7. The van der Waals surface area contributed by atoms with Gasteiger partial charge >= 0.3 is 0 Å². The number of halogens is 1. The topological polar surface area (TPSA) is 36.4 Å². The molecule has 0 N–H and O–H groups in total. The number of hydrogen-bond acceptors (Lipinski definition) is 3. The van der Waals surface area contributed by atoms with Gasteiger partial charge in [-0.3, -0.25) is 14.7 Å². The van der Waals surface area contributed by atoms with E-state index in [1.807, 2.05) is 47.5 Å². The number of carbonyl (C=O) groups excluding carboxylic acids is 1. The first-order valence-corrected chi connectivity index (χ1v) is 8.42. The highest BCUT2D eigenvalue weighted by molar-refractivity contribution is 6.30. The SMILES string of the molecule is O=C(/C=C/c1ccc(Cl)cc1)N1CCN(Cc2cccnc2)CC1. The van der Waals surface area contributed by atoms with Crippen molar-refractivity contribution in [2.24, 2.45) is 0 Å². The third-order valence-electron chi connectivity index (χ3n) is 4.10. The van der Waals surface area contributed by atoms with Gasteiger partial charge in [-0.25, -0.2) is 0 Å². The number of rotatable bonds is 4. The molecule has 5 heteroatoms. The van der Waals surface area contributed by atoms with Crippen LogP contribution >= 0.6 is 11.6 Å². The van der Waals surface area contributed by atoms with Crippen molar-refractivity contribution in [1.82, 2.24) is 14.8 Å². The molecule has 0 saturated carbocycles. The summed E-state index contributed by atoms with van der Waals surface area (Å²) in [4.78, 5) is 20.7. The van der Waals surface area contributed by atoms with Gasteiger partial charge in [0, 0.05) is 56.2 Å². The summed E-state index contributed by atoms with van der Waals surface area (Å²) in [6.07, 6.45) is 7.15. The number of piperazine rings is 1. The van der Waals surface area contributed by atoms with Gasteiger partial charge in [-0.05, 0) is 35.4 Å². The monoisotopic (exact) mass is 341 g/mol.